The Kier molecular flexibility index (Phi) is 6.75. The summed E-state index contributed by atoms with van der Waals surface area (Å²) in [4.78, 5) is 19.1. The first-order valence-corrected chi connectivity index (χ1v) is 8.24. The molecule has 2 rings (SSSR count). The van der Waals surface area contributed by atoms with Crippen molar-refractivity contribution in [3.05, 3.63) is 59.9 Å². The summed E-state index contributed by atoms with van der Waals surface area (Å²) in [5.74, 6) is 0.398. The molecular formula is C19H24N2O3. The molecule has 1 aromatic carbocycles. The van der Waals surface area contributed by atoms with Crippen molar-refractivity contribution in [1.29, 1.82) is 0 Å². The number of benzene rings is 1. The number of rotatable bonds is 8. The molecule has 1 atom stereocenters. The average Bonchev–Trinajstić information content (AvgIpc) is 2.63. The van der Waals surface area contributed by atoms with Crippen molar-refractivity contribution in [1.82, 2.24) is 9.88 Å². The fraction of sp³-hybridized carbons (Fsp3) is 0.368. The summed E-state index contributed by atoms with van der Waals surface area (Å²) in [6.45, 7) is 4.58. The Morgan fingerprint density at radius 2 is 1.96 bits per heavy atom. The fourth-order valence-electron chi connectivity index (χ4n) is 2.56. The van der Waals surface area contributed by atoms with Crippen LogP contribution in [0.1, 0.15) is 36.3 Å². The third kappa shape index (κ3) is 4.32. The van der Waals surface area contributed by atoms with Gasteiger partial charge in [-0.3, -0.25) is 9.78 Å². The zero-order valence-electron chi connectivity index (χ0n) is 14.2. The molecule has 128 valence electrons. The van der Waals surface area contributed by atoms with Gasteiger partial charge in [-0.25, -0.2) is 0 Å². The first-order valence-electron chi connectivity index (χ1n) is 8.24. The van der Waals surface area contributed by atoms with Crippen LogP contribution in [0.3, 0.4) is 0 Å². The number of carbonyl (C=O) groups excluding carboxylic acids is 1. The lowest BCUT2D eigenvalue weighted by Gasteiger charge is -2.30. The van der Waals surface area contributed by atoms with Gasteiger partial charge in [0.1, 0.15) is 5.75 Å². The van der Waals surface area contributed by atoms with Crippen LogP contribution in [0.4, 0.5) is 0 Å². The molecule has 0 unspecified atom stereocenters. The Hall–Kier alpha value is -2.40. The molecule has 1 heterocycles. The van der Waals surface area contributed by atoms with E-state index in [0.29, 0.717) is 30.9 Å². The zero-order valence-corrected chi connectivity index (χ0v) is 14.2. The minimum Gasteiger partial charge on any atom is -0.493 e. The van der Waals surface area contributed by atoms with Crippen molar-refractivity contribution in [3.8, 4) is 5.75 Å². The number of aromatic nitrogens is 1. The quantitative estimate of drug-likeness (QED) is 0.809. The number of hydrogen-bond acceptors (Lipinski definition) is 4. The van der Waals surface area contributed by atoms with Gasteiger partial charge >= 0.3 is 0 Å². The smallest absolute Gasteiger partial charge is 0.258 e. The highest BCUT2D eigenvalue weighted by Gasteiger charge is 2.25. The molecule has 0 bridgehead atoms. The number of aliphatic hydroxyl groups is 1. The molecule has 0 aliphatic rings. The van der Waals surface area contributed by atoms with E-state index < -0.39 is 0 Å². The van der Waals surface area contributed by atoms with Gasteiger partial charge < -0.3 is 14.7 Å². The van der Waals surface area contributed by atoms with Crippen molar-refractivity contribution in [2.24, 2.45) is 0 Å². The number of carbonyl (C=O) groups is 1. The van der Waals surface area contributed by atoms with E-state index in [-0.39, 0.29) is 18.6 Å². The number of nitrogens with zero attached hydrogens (tertiary/aromatic N) is 2. The summed E-state index contributed by atoms with van der Waals surface area (Å²) < 4.78 is 5.58. The molecule has 24 heavy (non-hydrogen) atoms. The number of pyridine rings is 1. The third-order valence-electron chi connectivity index (χ3n) is 3.86. The minimum atomic E-state index is -0.269. The Balaban J connectivity index is 2.34. The minimum absolute atomic E-state index is 0.0914. The van der Waals surface area contributed by atoms with Gasteiger partial charge in [-0.15, -0.1) is 0 Å². The molecule has 0 spiro atoms. The van der Waals surface area contributed by atoms with E-state index in [1.165, 1.54) is 0 Å². The van der Waals surface area contributed by atoms with Crippen molar-refractivity contribution in [2.75, 3.05) is 13.2 Å². The second-order valence-electron chi connectivity index (χ2n) is 5.43. The Bertz CT molecular complexity index is 642. The highest BCUT2D eigenvalue weighted by Crippen LogP contribution is 2.22. The second kappa shape index (κ2) is 9.03. The van der Waals surface area contributed by atoms with Crippen LogP contribution < -0.4 is 4.74 Å². The maximum atomic E-state index is 13.1. The zero-order chi connectivity index (χ0) is 17.4. The normalized spacial score (nSPS) is 11.8. The van der Waals surface area contributed by atoms with E-state index in [4.69, 9.17) is 4.74 Å². The third-order valence-corrected chi connectivity index (χ3v) is 3.86. The number of hydrogen-bond donors (Lipinski definition) is 1. The molecule has 5 nitrogen and oxygen atoms in total. The van der Waals surface area contributed by atoms with Crippen LogP contribution in [0.25, 0.3) is 0 Å². The Morgan fingerprint density at radius 1 is 1.21 bits per heavy atom. The summed E-state index contributed by atoms with van der Waals surface area (Å²) in [5, 5.41) is 9.70. The van der Waals surface area contributed by atoms with Crippen LogP contribution in [0.2, 0.25) is 0 Å². The maximum Gasteiger partial charge on any atom is 0.258 e. The topological polar surface area (TPSA) is 62.7 Å². The van der Waals surface area contributed by atoms with E-state index in [9.17, 15) is 9.90 Å². The molecule has 5 heteroatoms. The number of ether oxygens (including phenoxy) is 1. The molecule has 0 aliphatic heterocycles. The van der Waals surface area contributed by atoms with E-state index in [2.05, 4.69) is 4.98 Å². The summed E-state index contributed by atoms with van der Waals surface area (Å²) in [7, 11) is 0. The van der Waals surface area contributed by atoms with Crippen LogP contribution in [0.5, 0.6) is 5.75 Å². The predicted molar refractivity (Wildman–Crippen MR) is 92.9 cm³/mol. The lowest BCUT2D eigenvalue weighted by atomic mass is 10.1. The number of aliphatic hydroxyl groups excluding tert-OH is 1. The first kappa shape index (κ1) is 17.9. The summed E-state index contributed by atoms with van der Waals surface area (Å²) in [5.41, 5.74) is 1.29. The molecule has 0 aliphatic carbocycles. The maximum absolute atomic E-state index is 13.1. The van der Waals surface area contributed by atoms with Gasteiger partial charge in [-0.2, -0.15) is 0 Å². The molecule has 1 N–H and O–H groups in total. The molecule has 0 radical (unpaired) electrons. The fourth-order valence-corrected chi connectivity index (χ4v) is 2.56. The lowest BCUT2D eigenvalue weighted by Crippen LogP contribution is -2.42. The van der Waals surface area contributed by atoms with E-state index in [1.54, 1.807) is 23.2 Å². The van der Waals surface area contributed by atoms with Crippen molar-refractivity contribution >= 4 is 5.91 Å². The van der Waals surface area contributed by atoms with E-state index in [1.807, 2.05) is 44.2 Å². The van der Waals surface area contributed by atoms with Gasteiger partial charge in [0.2, 0.25) is 0 Å². The highest BCUT2D eigenvalue weighted by atomic mass is 16.5. The monoisotopic (exact) mass is 328 g/mol. The second-order valence-corrected chi connectivity index (χ2v) is 5.43. The molecule has 1 amide bonds. The SMILES string of the molecule is CCOc1ccccc1C(=O)N(Cc1ccccn1)[C@@H](CC)CO. The largest absolute Gasteiger partial charge is 0.493 e. The number of para-hydroxylation sites is 1. The molecular weight excluding hydrogens is 304 g/mol. The molecule has 0 saturated heterocycles. The van der Waals surface area contributed by atoms with Crippen molar-refractivity contribution in [2.45, 2.75) is 32.9 Å². The highest BCUT2D eigenvalue weighted by molar-refractivity contribution is 5.97. The summed E-state index contributed by atoms with van der Waals surface area (Å²) >= 11 is 0. The Morgan fingerprint density at radius 3 is 2.58 bits per heavy atom. The van der Waals surface area contributed by atoms with Gasteiger partial charge in [0.25, 0.3) is 5.91 Å². The van der Waals surface area contributed by atoms with E-state index in [0.717, 1.165) is 5.69 Å². The van der Waals surface area contributed by atoms with Crippen LogP contribution in [0, 0.1) is 0 Å². The van der Waals surface area contributed by atoms with Gasteiger partial charge in [0.05, 0.1) is 37.1 Å². The van der Waals surface area contributed by atoms with E-state index >= 15 is 0 Å². The molecule has 0 fully saturated rings. The molecule has 1 aromatic heterocycles. The van der Waals surface area contributed by atoms with Crippen molar-refractivity contribution < 1.29 is 14.6 Å². The molecule has 0 saturated carbocycles. The molecule has 2 aromatic rings. The standard InChI is InChI=1S/C19H24N2O3/c1-3-16(14-22)21(13-15-9-7-8-12-20-15)19(23)17-10-5-6-11-18(17)24-4-2/h5-12,16,22H,3-4,13-14H2,1-2H3/t16-/m0/s1. The predicted octanol–water partition coefficient (Wildman–Crippen LogP) is 2.89. The average molecular weight is 328 g/mol. The van der Waals surface area contributed by atoms with Gasteiger partial charge in [0, 0.05) is 6.20 Å². The van der Waals surface area contributed by atoms with Gasteiger partial charge in [-0.1, -0.05) is 25.1 Å². The summed E-state index contributed by atoms with van der Waals surface area (Å²) in [6.07, 6.45) is 2.36. The van der Waals surface area contributed by atoms with Crippen LogP contribution in [-0.2, 0) is 6.54 Å². The van der Waals surface area contributed by atoms with Crippen LogP contribution in [-0.4, -0.2) is 40.2 Å². The van der Waals surface area contributed by atoms with Gasteiger partial charge in [0.15, 0.2) is 0 Å². The number of amides is 1. The lowest BCUT2D eigenvalue weighted by molar-refractivity contribution is 0.0556. The van der Waals surface area contributed by atoms with Crippen molar-refractivity contribution in [3.63, 3.8) is 0 Å². The van der Waals surface area contributed by atoms with Gasteiger partial charge in [-0.05, 0) is 37.6 Å². The Labute approximate surface area is 142 Å². The van der Waals surface area contributed by atoms with Crippen LogP contribution in [0.15, 0.2) is 48.7 Å². The van der Waals surface area contributed by atoms with Crippen LogP contribution >= 0.6 is 0 Å². The summed E-state index contributed by atoms with van der Waals surface area (Å²) in [6, 6.07) is 12.5. The first-order chi connectivity index (χ1) is 11.7.